The van der Waals surface area contributed by atoms with Crippen LogP contribution in [0.3, 0.4) is 0 Å². The summed E-state index contributed by atoms with van der Waals surface area (Å²) in [5.74, 6) is 0.0754. The molecule has 0 saturated heterocycles. The van der Waals surface area contributed by atoms with Crippen LogP contribution < -0.4 is 16.3 Å². The minimum atomic E-state index is -4.42. The van der Waals surface area contributed by atoms with E-state index >= 15 is 0 Å². The van der Waals surface area contributed by atoms with Gasteiger partial charge in [0.25, 0.3) is 0 Å². The number of nitrogens with zero attached hydrogens (tertiary/aromatic N) is 2. The lowest BCUT2D eigenvalue weighted by Gasteiger charge is -2.29. The van der Waals surface area contributed by atoms with Crippen LogP contribution >= 0.6 is 7.60 Å². The Morgan fingerprint density at radius 1 is 1.60 bits per heavy atom. The fraction of sp³-hybridized carbons (Fsp3) is 0.400. The molecule has 4 N–H and O–H groups in total. The number of ether oxygens (including phenoxy) is 1. The Labute approximate surface area is 113 Å². The van der Waals surface area contributed by atoms with Crippen molar-refractivity contribution in [3.05, 3.63) is 34.3 Å². The molecule has 0 saturated carbocycles. The van der Waals surface area contributed by atoms with Gasteiger partial charge in [-0.05, 0) is 13.0 Å². The number of hydrogen-bond acceptors (Lipinski definition) is 6. The first-order chi connectivity index (χ1) is 9.27. The van der Waals surface area contributed by atoms with Crippen LogP contribution in [0.5, 0.6) is 0 Å². The van der Waals surface area contributed by atoms with Crippen molar-refractivity contribution in [1.82, 2.24) is 9.71 Å². The van der Waals surface area contributed by atoms with Crippen LogP contribution in [0, 0.1) is 0 Å². The normalized spacial score (nSPS) is 22.9. The van der Waals surface area contributed by atoms with Gasteiger partial charge in [0.05, 0.1) is 6.20 Å². The van der Waals surface area contributed by atoms with Crippen molar-refractivity contribution in [2.45, 2.75) is 25.6 Å². The average molecular weight is 303 g/mol. The third kappa shape index (κ3) is 3.19. The molecule has 110 valence electrons. The smallest absolute Gasteiger partial charge is 0.390 e. The maximum Gasteiger partial charge on any atom is 0.390 e. The number of anilines is 1. The van der Waals surface area contributed by atoms with Gasteiger partial charge < -0.3 is 25.1 Å². The minimum Gasteiger partial charge on any atom is -0.479 e. The van der Waals surface area contributed by atoms with Gasteiger partial charge in [-0.15, -0.1) is 4.73 Å². The van der Waals surface area contributed by atoms with Crippen LogP contribution in [-0.4, -0.2) is 31.7 Å². The van der Waals surface area contributed by atoms with Crippen molar-refractivity contribution >= 4 is 13.4 Å². The van der Waals surface area contributed by atoms with Crippen molar-refractivity contribution in [2.75, 3.05) is 5.73 Å². The van der Waals surface area contributed by atoms with E-state index < -0.39 is 25.5 Å². The van der Waals surface area contributed by atoms with Gasteiger partial charge in [-0.1, -0.05) is 0 Å². The summed E-state index contributed by atoms with van der Waals surface area (Å²) in [6, 6.07) is 1.40. The van der Waals surface area contributed by atoms with Crippen LogP contribution in [0.15, 0.2) is 28.6 Å². The highest BCUT2D eigenvalue weighted by Crippen LogP contribution is 2.47. The molecule has 0 aliphatic carbocycles. The van der Waals surface area contributed by atoms with E-state index in [0.29, 0.717) is 0 Å². The molecule has 10 heteroatoms. The maximum atomic E-state index is 11.5. The van der Waals surface area contributed by atoms with Crippen LogP contribution in [0.2, 0.25) is 0 Å². The molecule has 9 nitrogen and oxygen atoms in total. The molecular weight excluding hydrogens is 289 g/mol. The van der Waals surface area contributed by atoms with E-state index in [-0.39, 0.29) is 17.7 Å². The second kappa shape index (κ2) is 5.28. The lowest BCUT2D eigenvalue weighted by Crippen LogP contribution is -2.42. The molecular formula is C10H14N3O6P. The monoisotopic (exact) mass is 303 g/mol. The van der Waals surface area contributed by atoms with Gasteiger partial charge in [0, 0.05) is 12.5 Å². The van der Waals surface area contributed by atoms with Crippen molar-refractivity contribution in [3.63, 3.8) is 0 Å². The minimum absolute atomic E-state index is 0.0754. The number of rotatable bonds is 3. The van der Waals surface area contributed by atoms with Gasteiger partial charge >= 0.3 is 13.3 Å². The molecule has 0 amide bonds. The summed E-state index contributed by atoms with van der Waals surface area (Å²) in [4.78, 5) is 38.4. The Kier molecular flexibility index (Phi) is 3.85. The van der Waals surface area contributed by atoms with Crippen LogP contribution in [-0.2, 0) is 9.30 Å². The van der Waals surface area contributed by atoms with E-state index in [1.54, 1.807) is 6.92 Å². The zero-order chi connectivity index (χ0) is 14.9. The second-order valence-corrected chi connectivity index (χ2v) is 5.78. The molecule has 1 aromatic heterocycles. The molecule has 0 bridgehead atoms. The molecule has 0 fully saturated rings. The first kappa shape index (κ1) is 14.6. The average Bonchev–Trinajstić information content (AvgIpc) is 2.33. The summed E-state index contributed by atoms with van der Waals surface area (Å²) in [6.45, 7) is 1.59. The van der Waals surface area contributed by atoms with Gasteiger partial charge in [0.2, 0.25) is 5.50 Å². The fourth-order valence-electron chi connectivity index (χ4n) is 1.67. The maximum absolute atomic E-state index is 11.5. The van der Waals surface area contributed by atoms with Gasteiger partial charge in [0.15, 0.2) is 6.10 Å². The van der Waals surface area contributed by atoms with E-state index in [0.717, 1.165) is 4.73 Å². The Morgan fingerprint density at radius 3 is 2.85 bits per heavy atom. The lowest BCUT2D eigenvalue weighted by molar-refractivity contribution is -0.0584. The van der Waals surface area contributed by atoms with Gasteiger partial charge in [-0.25, -0.2) is 4.79 Å². The lowest BCUT2D eigenvalue weighted by atomic mass is 10.1. The second-order valence-electron chi connectivity index (χ2n) is 4.25. The largest absolute Gasteiger partial charge is 0.479 e. The zero-order valence-corrected chi connectivity index (χ0v) is 11.4. The molecule has 2 atom stereocenters. The van der Waals surface area contributed by atoms with Crippen LogP contribution in [0.4, 0.5) is 5.82 Å². The van der Waals surface area contributed by atoms with Crippen molar-refractivity contribution < 1.29 is 23.9 Å². The Morgan fingerprint density at radius 2 is 2.30 bits per heavy atom. The van der Waals surface area contributed by atoms with Gasteiger partial charge in [0.1, 0.15) is 11.9 Å². The molecule has 1 aliphatic heterocycles. The predicted octanol–water partition coefficient (Wildman–Crippen LogP) is -0.549. The van der Waals surface area contributed by atoms with E-state index in [1.165, 1.54) is 18.3 Å². The molecule has 2 rings (SSSR count). The summed E-state index contributed by atoms with van der Waals surface area (Å²) >= 11 is 0. The number of aromatic nitrogens is 2. The summed E-state index contributed by atoms with van der Waals surface area (Å²) < 4.78 is 17.1. The predicted molar refractivity (Wildman–Crippen MR) is 68.6 cm³/mol. The summed E-state index contributed by atoms with van der Waals surface area (Å²) in [5, 5.41) is 0. The highest BCUT2D eigenvalue weighted by atomic mass is 31.2. The van der Waals surface area contributed by atoms with Gasteiger partial charge in [-0.3, -0.25) is 4.57 Å². The summed E-state index contributed by atoms with van der Waals surface area (Å²) in [5.41, 5.74) is 4.29. The highest BCUT2D eigenvalue weighted by Gasteiger charge is 2.33. The summed E-state index contributed by atoms with van der Waals surface area (Å²) in [7, 11) is -4.42. The highest BCUT2D eigenvalue weighted by molar-refractivity contribution is 7.56. The van der Waals surface area contributed by atoms with E-state index in [2.05, 4.69) is 4.98 Å². The third-order valence-electron chi connectivity index (χ3n) is 2.68. The van der Waals surface area contributed by atoms with Crippen LogP contribution in [0.25, 0.3) is 0 Å². The topological polar surface area (TPSA) is 137 Å². The molecule has 20 heavy (non-hydrogen) atoms. The Bertz CT molecular complexity index is 636. The first-order valence-electron chi connectivity index (χ1n) is 5.72. The zero-order valence-electron chi connectivity index (χ0n) is 10.5. The standard InChI is InChI=1S/C10H14N3O6P/c1-6-7(2-3-9(18-6)20(15,16)17)19-13-5-4-8(11)12-10(13)14/h3-7H,2H2,1H3,(H2,11,12,14)(H2,15,16,17)/t6-,7-/m0/s1. The Hall–Kier alpha value is -1.83. The molecule has 0 unspecified atom stereocenters. The van der Waals surface area contributed by atoms with Crippen molar-refractivity contribution in [3.8, 4) is 0 Å². The quantitative estimate of drug-likeness (QED) is 0.632. The molecule has 2 heterocycles. The van der Waals surface area contributed by atoms with Crippen molar-refractivity contribution in [1.29, 1.82) is 0 Å². The molecule has 0 spiro atoms. The number of hydrogen-bond donors (Lipinski definition) is 3. The number of nitrogen functional groups attached to an aromatic ring is 1. The van der Waals surface area contributed by atoms with Crippen molar-refractivity contribution in [2.24, 2.45) is 0 Å². The van der Waals surface area contributed by atoms with Gasteiger partial charge in [-0.2, -0.15) is 4.98 Å². The van der Waals surface area contributed by atoms with Crippen LogP contribution in [0.1, 0.15) is 13.3 Å². The SMILES string of the molecule is C[C@@H]1OC(P(=O)(O)O)=CC[C@@H]1On1ccc(N)nc1=O. The fourth-order valence-corrected chi connectivity index (χ4v) is 2.32. The molecule has 0 aromatic carbocycles. The Balaban J connectivity index is 2.14. The third-order valence-corrected chi connectivity index (χ3v) is 3.55. The molecule has 0 radical (unpaired) electrons. The number of nitrogens with two attached hydrogens (primary N) is 1. The van der Waals surface area contributed by atoms with E-state index in [1.807, 2.05) is 0 Å². The summed E-state index contributed by atoms with van der Waals surface area (Å²) in [6.07, 6.45) is 1.56. The molecule has 1 aromatic rings. The van der Waals surface area contributed by atoms with E-state index in [4.69, 9.17) is 25.1 Å². The first-order valence-corrected chi connectivity index (χ1v) is 7.34. The molecule has 1 aliphatic rings. The van der Waals surface area contributed by atoms with E-state index in [9.17, 15) is 9.36 Å².